The number of fused-ring (bicyclic) bond motifs is 3. The van der Waals surface area contributed by atoms with E-state index >= 15 is 0 Å². The summed E-state index contributed by atoms with van der Waals surface area (Å²) < 4.78 is 13.0. The summed E-state index contributed by atoms with van der Waals surface area (Å²) in [6.07, 6.45) is 2.05. The molecule has 33 heavy (non-hydrogen) atoms. The van der Waals surface area contributed by atoms with Crippen LogP contribution in [0.1, 0.15) is 22.9 Å². The molecule has 1 aliphatic rings. The number of benzene rings is 3. The summed E-state index contributed by atoms with van der Waals surface area (Å²) in [5.74, 6) is 1.39. The highest BCUT2D eigenvalue weighted by molar-refractivity contribution is 5.91. The molecule has 0 bridgehead atoms. The zero-order valence-corrected chi connectivity index (χ0v) is 18.6. The van der Waals surface area contributed by atoms with Crippen LogP contribution in [0.5, 0.6) is 11.5 Å². The molecule has 1 aliphatic heterocycles. The van der Waals surface area contributed by atoms with Crippen molar-refractivity contribution in [3.8, 4) is 17.2 Å². The Bertz CT molecular complexity index is 1280. The molecule has 0 fully saturated rings. The molecule has 0 saturated carbocycles. The van der Waals surface area contributed by atoms with E-state index in [0.29, 0.717) is 18.0 Å². The Morgan fingerprint density at radius 1 is 0.879 bits per heavy atom. The monoisotopic (exact) mass is 439 g/mol. The lowest BCUT2D eigenvalue weighted by atomic mass is 10.0. The highest BCUT2D eigenvalue weighted by atomic mass is 16.5. The topological polar surface area (TPSA) is 55.7 Å². The van der Waals surface area contributed by atoms with Crippen LogP contribution in [0, 0.1) is 0 Å². The third-order valence-electron chi connectivity index (χ3n) is 6.00. The Balaban J connectivity index is 1.62. The second-order valence-electron chi connectivity index (χ2n) is 7.87. The van der Waals surface area contributed by atoms with Crippen LogP contribution in [-0.2, 0) is 6.54 Å². The van der Waals surface area contributed by atoms with Crippen LogP contribution >= 0.6 is 0 Å². The molecule has 166 valence electrons. The maximum Gasteiger partial charge on any atom is 0.323 e. The van der Waals surface area contributed by atoms with Crippen molar-refractivity contribution < 1.29 is 14.3 Å². The van der Waals surface area contributed by atoms with E-state index in [1.807, 2.05) is 77.8 Å². The fourth-order valence-corrected chi connectivity index (χ4v) is 4.41. The van der Waals surface area contributed by atoms with Crippen LogP contribution in [-0.4, -0.2) is 29.7 Å². The number of nitrogens with one attached hydrogen (secondary N) is 1. The van der Waals surface area contributed by atoms with Gasteiger partial charge in [-0.3, -0.25) is 0 Å². The number of ether oxygens (including phenoxy) is 2. The highest BCUT2D eigenvalue weighted by Crippen LogP contribution is 2.37. The van der Waals surface area contributed by atoms with Crippen molar-refractivity contribution in [3.63, 3.8) is 0 Å². The molecular weight excluding hydrogens is 414 g/mol. The van der Waals surface area contributed by atoms with Gasteiger partial charge < -0.3 is 24.3 Å². The lowest BCUT2D eigenvalue weighted by molar-refractivity contribution is 0.194. The Morgan fingerprint density at radius 3 is 2.42 bits per heavy atom. The SMILES string of the molecule is COc1ccc([C@H]2c3cccn3-c3ccccc3CN2C(=O)Nc2ccccc2OC)cc1. The fraction of sp³-hybridized carbons (Fsp3) is 0.148. The van der Waals surface area contributed by atoms with Crippen molar-refractivity contribution in [2.24, 2.45) is 0 Å². The smallest absolute Gasteiger partial charge is 0.323 e. The van der Waals surface area contributed by atoms with Crippen molar-refractivity contribution in [1.82, 2.24) is 9.47 Å². The molecule has 5 rings (SSSR count). The average Bonchev–Trinajstić information content (AvgIpc) is 3.28. The number of anilines is 1. The van der Waals surface area contributed by atoms with Gasteiger partial charge in [-0.15, -0.1) is 0 Å². The minimum atomic E-state index is -0.298. The molecule has 6 nitrogen and oxygen atoms in total. The standard InChI is InChI=1S/C27H25N3O3/c1-32-21-15-13-19(14-16-21)26-24-11-7-17-29(24)23-10-5-3-8-20(23)18-30(26)27(31)28-22-9-4-6-12-25(22)33-2/h3-17,26H,18H2,1-2H3,(H,28,31)/t26-/m0/s1. The molecule has 0 spiro atoms. The van der Waals surface area contributed by atoms with E-state index in [4.69, 9.17) is 9.47 Å². The number of carbonyl (C=O) groups is 1. The van der Waals surface area contributed by atoms with E-state index in [-0.39, 0.29) is 12.1 Å². The Labute approximate surface area is 193 Å². The van der Waals surface area contributed by atoms with Crippen LogP contribution in [0.4, 0.5) is 10.5 Å². The third kappa shape index (κ3) is 3.80. The number of methoxy groups -OCH3 is 2. The second kappa shape index (κ2) is 8.74. The van der Waals surface area contributed by atoms with Gasteiger partial charge in [0.1, 0.15) is 11.5 Å². The Hall–Kier alpha value is -4.19. The molecule has 2 heterocycles. The van der Waals surface area contributed by atoms with Crippen LogP contribution in [0.15, 0.2) is 91.1 Å². The van der Waals surface area contributed by atoms with E-state index < -0.39 is 0 Å². The molecule has 2 amide bonds. The lowest BCUT2D eigenvalue weighted by Gasteiger charge is -2.31. The zero-order valence-electron chi connectivity index (χ0n) is 18.6. The minimum Gasteiger partial charge on any atom is -0.497 e. The largest absolute Gasteiger partial charge is 0.497 e. The van der Waals surface area contributed by atoms with Crippen LogP contribution < -0.4 is 14.8 Å². The first-order valence-electron chi connectivity index (χ1n) is 10.8. The summed E-state index contributed by atoms with van der Waals surface area (Å²) in [6.45, 7) is 0.454. The number of amides is 2. The number of rotatable bonds is 4. The number of hydrogen-bond acceptors (Lipinski definition) is 3. The molecule has 0 radical (unpaired) electrons. The molecule has 6 heteroatoms. The van der Waals surface area contributed by atoms with Gasteiger partial charge in [-0.05, 0) is 53.6 Å². The molecule has 1 N–H and O–H groups in total. The number of carbonyl (C=O) groups excluding carboxylic acids is 1. The highest BCUT2D eigenvalue weighted by Gasteiger charge is 2.33. The van der Waals surface area contributed by atoms with E-state index in [1.165, 1.54) is 0 Å². The summed E-state index contributed by atoms with van der Waals surface area (Å²) in [6, 6.07) is 27.1. The number of aromatic nitrogens is 1. The van der Waals surface area contributed by atoms with Gasteiger partial charge in [0.25, 0.3) is 0 Å². The predicted octanol–water partition coefficient (Wildman–Crippen LogP) is 5.63. The first-order valence-corrected chi connectivity index (χ1v) is 10.8. The van der Waals surface area contributed by atoms with Gasteiger partial charge in [-0.1, -0.05) is 42.5 Å². The molecule has 1 aromatic heterocycles. The predicted molar refractivity (Wildman–Crippen MR) is 128 cm³/mol. The summed E-state index contributed by atoms with van der Waals surface area (Å²) in [4.78, 5) is 15.6. The summed E-state index contributed by atoms with van der Waals surface area (Å²) in [7, 11) is 3.25. The molecule has 0 unspecified atom stereocenters. The van der Waals surface area contributed by atoms with E-state index in [0.717, 1.165) is 28.3 Å². The quantitative estimate of drug-likeness (QED) is 0.448. The normalized spacial score (nSPS) is 14.6. The lowest BCUT2D eigenvalue weighted by Crippen LogP contribution is -2.38. The minimum absolute atomic E-state index is 0.204. The Morgan fingerprint density at radius 2 is 1.64 bits per heavy atom. The first-order chi connectivity index (χ1) is 16.2. The number of hydrogen-bond donors (Lipinski definition) is 1. The number of para-hydroxylation sites is 3. The molecule has 4 aromatic rings. The maximum absolute atomic E-state index is 13.8. The van der Waals surface area contributed by atoms with Gasteiger partial charge in [-0.2, -0.15) is 0 Å². The van der Waals surface area contributed by atoms with Gasteiger partial charge in [0, 0.05) is 11.9 Å². The third-order valence-corrected chi connectivity index (χ3v) is 6.00. The summed E-state index contributed by atoms with van der Waals surface area (Å²) >= 11 is 0. The zero-order chi connectivity index (χ0) is 22.8. The van der Waals surface area contributed by atoms with Crippen molar-refractivity contribution in [3.05, 3.63) is 108 Å². The van der Waals surface area contributed by atoms with Gasteiger partial charge >= 0.3 is 6.03 Å². The number of urea groups is 1. The van der Waals surface area contributed by atoms with Crippen LogP contribution in [0.25, 0.3) is 5.69 Å². The molecule has 1 atom stereocenters. The average molecular weight is 440 g/mol. The summed E-state index contributed by atoms with van der Waals surface area (Å²) in [5.41, 5.74) is 4.79. The van der Waals surface area contributed by atoms with E-state index in [1.54, 1.807) is 14.2 Å². The van der Waals surface area contributed by atoms with Crippen molar-refractivity contribution in [2.45, 2.75) is 12.6 Å². The summed E-state index contributed by atoms with van der Waals surface area (Å²) in [5, 5.41) is 3.06. The van der Waals surface area contributed by atoms with E-state index in [2.05, 4.69) is 28.1 Å². The van der Waals surface area contributed by atoms with Gasteiger partial charge in [-0.25, -0.2) is 4.79 Å². The molecule has 0 aliphatic carbocycles. The van der Waals surface area contributed by atoms with Crippen LogP contribution in [0.2, 0.25) is 0 Å². The Kier molecular flexibility index (Phi) is 5.48. The first kappa shape index (κ1) is 20.7. The maximum atomic E-state index is 13.8. The fourth-order valence-electron chi connectivity index (χ4n) is 4.41. The second-order valence-corrected chi connectivity index (χ2v) is 7.87. The number of nitrogens with zero attached hydrogens (tertiary/aromatic N) is 2. The van der Waals surface area contributed by atoms with Gasteiger partial charge in [0.2, 0.25) is 0 Å². The van der Waals surface area contributed by atoms with Crippen molar-refractivity contribution in [1.29, 1.82) is 0 Å². The van der Waals surface area contributed by atoms with Gasteiger partial charge in [0.05, 0.1) is 38.2 Å². The molecule has 3 aromatic carbocycles. The molecular formula is C27H25N3O3. The van der Waals surface area contributed by atoms with Crippen molar-refractivity contribution in [2.75, 3.05) is 19.5 Å². The van der Waals surface area contributed by atoms with Crippen molar-refractivity contribution >= 4 is 11.7 Å². The molecule has 0 saturated heterocycles. The van der Waals surface area contributed by atoms with Gasteiger partial charge in [0.15, 0.2) is 0 Å². The van der Waals surface area contributed by atoms with Crippen LogP contribution in [0.3, 0.4) is 0 Å². The van der Waals surface area contributed by atoms with E-state index in [9.17, 15) is 4.79 Å².